The van der Waals surface area contributed by atoms with E-state index in [4.69, 9.17) is 10.5 Å². The van der Waals surface area contributed by atoms with Gasteiger partial charge in [-0.2, -0.15) is 10.5 Å². The van der Waals surface area contributed by atoms with Gasteiger partial charge in [0.1, 0.15) is 0 Å². The molecule has 1 saturated carbocycles. The van der Waals surface area contributed by atoms with E-state index in [2.05, 4.69) is 16.3 Å². The summed E-state index contributed by atoms with van der Waals surface area (Å²) in [5, 5.41) is 20.3. The summed E-state index contributed by atoms with van der Waals surface area (Å²) in [5.41, 5.74) is 1.25. The van der Waals surface area contributed by atoms with Gasteiger partial charge >= 0.3 is 0 Å². The second-order valence-electron chi connectivity index (χ2n) is 5.23. The average Bonchev–Trinajstić information content (AvgIpc) is 3.33. The SMILES string of the molecule is CC(C(=O)Nc1ccc(C#N)cc1)N(CCC#N)C1CC1. The molecule has 1 unspecified atom stereocenters. The number of hydrogen-bond donors (Lipinski definition) is 1. The van der Waals surface area contributed by atoms with Crippen LogP contribution < -0.4 is 5.32 Å². The molecule has 5 heteroatoms. The highest BCUT2D eigenvalue weighted by Crippen LogP contribution is 2.29. The van der Waals surface area contributed by atoms with Crippen molar-refractivity contribution in [1.29, 1.82) is 10.5 Å². The number of carbonyl (C=O) groups is 1. The first-order chi connectivity index (χ1) is 10.2. The molecule has 0 aliphatic heterocycles. The van der Waals surface area contributed by atoms with Gasteiger partial charge in [-0.15, -0.1) is 0 Å². The lowest BCUT2D eigenvalue weighted by Gasteiger charge is -2.27. The molecule has 0 spiro atoms. The monoisotopic (exact) mass is 282 g/mol. The number of anilines is 1. The van der Waals surface area contributed by atoms with E-state index in [0.29, 0.717) is 30.3 Å². The van der Waals surface area contributed by atoms with Crippen molar-refractivity contribution in [2.45, 2.75) is 38.3 Å². The summed E-state index contributed by atoms with van der Waals surface area (Å²) < 4.78 is 0. The van der Waals surface area contributed by atoms with Crippen LogP contribution in [0.15, 0.2) is 24.3 Å². The van der Waals surface area contributed by atoms with Crippen molar-refractivity contribution in [2.24, 2.45) is 0 Å². The fourth-order valence-corrected chi connectivity index (χ4v) is 2.30. The quantitative estimate of drug-likeness (QED) is 0.868. The smallest absolute Gasteiger partial charge is 0.241 e. The molecule has 0 radical (unpaired) electrons. The first-order valence-corrected chi connectivity index (χ1v) is 7.09. The molecule has 1 fully saturated rings. The van der Waals surface area contributed by atoms with Crippen LogP contribution in [0.25, 0.3) is 0 Å². The molecule has 108 valence electrons. The lowest BCUT2D eigenvalue weighted by Crippen LogP contribution is -2.43. The van der Waals surface area contributed by atoms with Crippen molar-refractivity contribution in [2.75, 3.05) is 11.9 Å². The normalized spacial score (nSPS) is 15.0. The van der Waals surface area contributed by atoms with Crippen molar-refractivity contribution in [1.82, 2.24) is 4.90 Å². The zero-order valence-electron chi connectivity index (χ0n) is 12.0. The molecule has 1 N–H and O–H groups in total. The van der Waals surface area contributed by atoms with E-state index in [9.17, 15) is 4.79 Å². The summed E-state index contributed by atoms with van der Waals surface area (Å²) in [6.45, 7) is 2.50. The number of hydrogen-bond acceptors (Lipinski definition) is 4. The van der Waals surface area contributed by atoms with Crippen molar-refractivity contribution in [3.05, 3.63) is 29.8 Å². The summed E-state index contributed by atoms with van der Waals surface area (Å²) in [4.78, 5) is 14.4. The molecule has 1 aliphatic rings. The van der Waals surface area contributed by atoms with E-state index < -0.39 is 0 Å². The van der Waals surface area contributed by atoms with Crippen LogP contribution in [0, 0.1) is 22.7 Å². The molecule has 1 amide bonds. The Kier molecular flexibility index (Phi) is 4.92. The maximum absolute atomic E-state index is 12.3. The molecule has 1 atom stereocenters. The zero-order chi connectivity index (χ0) is 15.2. The standard InChI is InChI=1S/C16H18N4O/c1-12(20(10-2-9-17)15-7-8-15)16(21)19-14-5-3-13(11-18)4-6-14/h3-6,12,15H,2,7-8,10H2,1H3,(H,19,21). The number of amides is 1. The Balaban J connectivity index is 1.97. The topological polar surface area (TPSA) is 79.9 Å². The number of rotatable bonds is 6. The number of benzene rings is 1. The molecule has 1 aliphatic carbocycles. The Hall–Kier alpha value is -2.37. The molecule has 5 nitrogen and oxygen atoms in total. The first kappa shape index (κ1) is 15.0. The van der Waals surface area contributed by atoms with Crippen LogP contribution in [0.2, 0.25) is 0 Å². The highest BCUT2D eigenvalue weighted by molar-refractivity contribution is 5.94. The lowest BCUT2D eigenvalue weighted by atomic mass is 10.2. The minimum atomic E-state index is -0.263. The minimum Gasteiger partial charge on any atom is -0.325 e. The van der Waals surface area contributed by atoms with Crippen LogP contribution in [0.5, 0.6) is 0 Å². The highest BCUT2D eigenvalue weighted by atomic mass is 16.2. The molecule has 2 rings (SSSR count). The Morgan fingerprint density at radius 3 is 2.57 bits per heavy atom. The number of nitrogens with one attached hydrogen (secondary N) is 1. The minimum absolute atomic E-state index is 0.0791. The number of nitrogens with zero attached hydrogens (tertiary/aromatic N) is 3. The predicted octanol–water partition coefficient (Wildman–Crippen LogP) is 2.26. The summed E-state index contributed by atoms with van der Waals surface area (Å²) in [5.74, 6) is -0.0791. The molecule has 0 bridgehead atoms. The Morgan fingerprint density at radius 1 is 1.38 bits per heavy atom. The number of nitriles is 2. The Labute approximate surface area is 124 Å². The van der Waals surface area contributed by atoms with Gasteiger partial charge in [0.05, 0.1) is 23.7 Å². The number of carbonyl (C=O) groups excluding carboxylic acids is 1. The van der Waals surface area contributed by atoms with Gasteiger partial charge < -0.3 is 5.32 Å². The van der Waals surface area contributed by atoms with E-state index in [1.807, 2.05) is 13.0 Å². The Morgan fingerprint density at radius 2 is 2.05 bits per heavy atom. The van der Waals surface area contributed by atoms with Crippen molar-refractivity contribution in [3.8, 4) is 12.1 Å². The third kappa shape index (κ3) is 4.05. The largest absolute Gasteiger partial charge is 0.325 e. The van der Waals surface area contributed by atoms with Crippen LogP contribution >= 0.6 is 0 Å². The van der Waals surface area contributed by atoms with Crippen LogP contribution in [-0.2, 0) is 4.79 Å². The van der Waals surface area contributed by atoms with Gasteiger partial charge in [0.25, 0.3) is 0 Å². The molecular formula is C16H18N4O. The second kappa shape index (κ2) is 6.88. The van der Waals surface area contributed by atoms with Gasteiger partial charge in [-0.25, -0.2) is 0 Å². The van der Waals surface area contributed by atoms with Gasteiger partial charge in [0.15, 0.2) is 0 Å². The van der Waals surface area contributed by atoms with Crippen molar-refractivity contribution >= 4 is 11.6 Å². The molecule has 1 aromatic carbocycles. The molecule has 0 saturated heterocycles. The highest BCUT2D eigenvalue weighted by Gasteiger charge is 2.34. The summed E-state index contributed by atoms with van der Waals surface area (Å²) in [7, 11) is 0. The van der Waals surface area contributed by atoms with Crippen molar-refractivity contribution < 1.29 is 4.79 Å². The third-order valence-corrected chi connectivity index (χ3v) is 3.66. The summed E-state index contributed by atoms with van der Waals surface area (Å²) in [6, 6.07) is 11.1. The van der Waals surface area contributed by atoms with Gasteiger partial charge in [-0.1, -0.05) is 0 Å². The fourth-order valence-electron chi connectivity index (χ4n) is 2.30. The van der Waals surface area contributed by atoms with Gasteiger partial charge in [0.2, 0.25) is 5.91 Å². The van der Waals surface area contributed by atoms with E-state index in [1.165, 1.54) is 0 Å². The van der Waals surface area contributed by atoms with Gasteiger partial charge in [0, 0.05) is 24.7 Å². The first-order valence-electron chi connectivity index (χ1n) is 7.09. The van der Waals surface area contributed by atoms with Crippen LogP contribution in [-0.4, -0.2) is 29.4 Å². The molecule has 1 aromatic rings. The predicted molar refractivity (Wildman–Crippen MR) is 79.2 cm³/mol. The Bertz CT molecular complexity index is 578. The molecule has 21 heavy (non-hydrogen) atoms. The zero-order valence-corrected chi connectivity index (χ0v) is 12.0. The van der Waals surface area contributed by atoms with Crippen LogP contribution in [0.4, 0.5) is 5.69 Å². The van der Waals surface area contributed by atoms with Gasteiger partial charge in [-0.05, 0) is 44.0 Å². The van der Waals surface area contributed by atoms with E-state index in [1.54, 1.807) is 24.3 Å². The fraction of sp³-hybridized carbons (Fsp3) is 0.438. The third-order valence-electron chi connectivity index (χ3n) is 3.66. The van der Waals surface area contributed by atoms with E-state index in [-0.39, 0.29) is 11.9 Å². The van der Waals surface area contributed by atoms with Crippen molar-refractivity contribution in [3.63, 3.8) is 0 Å². The lowest BCUT2D eigenvalue weighted by molar-refractivity contribution is -0.121. The summed E-state index contributed by atoms with van der Waals surface area (Å²) in [6.07, 6.45) is 2.63. The molecule has 0 aromatic heterocycles. The van der Waals surface area contributed by atoms with Crippen LogP contribution in [0.1, 0.15) is 31.7 Å². The summed E-state index contributed by atoms with van der Waals surface area (Å²) >= 11 is 0. The van der Waals surface area contributed by atoms with Gasteiger partial charge in [-0.3, -0.25) is 9.69 Å². The maximum atomic E-state index is 12.3. The van der Waals surface area contributed by atoms with E-state index in [0.717, 1.165) is 12.8 Å². The maximum Gasteiger partial charge on any atom is 0.241 e. The average molecular weight is 282 g/mol. The molecular weight excluding hydrogens is 264 g/mol. The second-order valence-corrected chi connectivity index (χ2v) is 5.23. The molecule has 0 heterocycles. The van der Waals surface area contributed by atoms with Crippen LogP contribution in [0.3, 0.4) is 0 Å². The van der Waals surface area contributed by atoms with E-state index >= 15 is 0 Å².